The molecule has 1 aromatic heterocycles. The molecule has 0 atom stereocenters. The fraction of sp³-hybridized carbons (Fsp3) is 0.650. The van der Waals surface area contributed by atoms with Crippen LogP contribution < -0.4 is 9.62 Å². The number of nitrogens with zero attached hydrogens (tertiary/aromatic N) is 3. The van der Waals surface area contributed by atoms with Gasteiger partial charge in [-0.15, -0.1) is 0 Å². The molecule has 0 bridgehead atoms. The Morgan fingerprint density at radius 3 is 2.54 bits per heavy atom. The number of hydrogen-bond acceptors (Lipinski definition) is 6. The van der Waals surface area contributed by atoms with E-state index < -0.39 is 10.0 Å². The SMILES string of the molecule is CS(=O)(=O)N[C@H]1CC[C@H](CCN2CCN(c3nsc4ccccc34)CC2)CC1. The summed E-state index contributed by atoms with van der Waals surface area (Å²) in [6, 6.07) is 8.63. The summed E-state index contributed by atoms with van der Waals surface area (Å²) in [7, 11) is -3.08. The van der Waals surface area contributed by atoms with Crippen molar-refractivity contribution >= 4 is 37.5 Å². The first-order chi connectivity index (χ1) is 13.5. The summed E-state index contributed by atoms with van der Waals surface area (Å²) in [6.45, 7) is 5.42. The van der Waals surface area contributed by atoms with Gasteiger partial charge in [-0.3, -0.25) is 4.90 Å². The number of rotatable bonds is 6. The Morgan fingerprint density at radius 1 is 1.11 bits per heavy atom. The predicted molar refractivity (Wildman–Crippen MR) is 117 cm³/mol. The van der Waals surface area contributed by atoms with Gasteiger partial charge in [-0.25, -0.2) is 13.1 Å². The standard InChI is InChI=1S/C20H30N4O2S2/c1-28(25,26)22-17-8-6-16(7-9-17)10-11-23-12-14-24(15-13-23)20-18-4-2-3-5-19(18)27-21-20/h2-5,16-17,22H,6-15H2,1H3/t16-,17-. The van der Waals surface area contributed by atoms with Crippen molar-refractivity contribution in [2.45, 2.75) is 38.1 Å². The molecule has 2 fully saturated rings. The third-order valence-electron chi connectivity index (χ3n) is 6.11. The van der Waals surface area contributed by atoms with E-state index in [1.165, 1.54) is 22.8 Å². The van der Waals surface area contributed by atoms with Gasteiger partial charge in [0.2, 0.25) is 10.0 Å². The Hall–Kier alpha value is -1.22. The van der Waals surface area contributed by atoms with Crippen LogP contribution in [-0.4, -0.2) is 62.7 Å². The fourth-order valence-corrected chi connectivity index (χ4v) is 6.16. The van der Waals surface area contributed by atoms with Crippen LogP contribution in [0.3, 0.4) is 0 Å². The molecule has 28 heavy (non-hydrogen) atoms. The topological polar surface area (TPSA) is 65.5 Å². The molecule has 4 rings (SSSR count). The van der Waals surface area contributed by atoms with Crippen LogP contribution in [0.4, 0.5) is 5.82 Å². The van der Waals surface area contributed by atoms with Gasteiger partial charge in [0.1, 0.15) is 5.82 Å². The maximum Gasteiger partial charge on any atom is 0.208 e. The number of aromatic nitrogens is 1. The van der Waals surface area contributed by atoms with Gasteiger partial charge in [0.15, 0.2) is 0 Å². The number of fused-ring (bicyclic) bond motifs is 1. The zero-order chi connectivity index (χ0) is 19.6. The zero-order valence-electron chi connectivity index (χ0n) is 16.5. The largest absolute Gasteiger partial charge is 0.353 e. The van der Waals surface area contributed by atoms with Crippen molar-refractivity contribution in [3.8, 4) is 0 Å². The van der Waals surface area contributed by atoms with Crippen LogP contribution in [0.25, 0.3) is 10.1 Å². The lowest BCUT2D eigenvalue weighted by molar-refractivity contribution is 0.214. The van der Waals surface area contributed by atoms with Crippen LogP contribution >= 0.6 is 11.5 Å². The summed E-state index contributed by atoms with van der Waals surface area (Å²) >= 11 is 1.59. The minimum Gasteiger partial charge on any atom is -0.353 e. The number of benzene rings is 1. The number of anilines is 1. The number of hydrogen-bond donors (Lipinski definition) is 1. The maximum atomic E-state index is 11.4. The molecule has 154 valence electrons. The summed E-state index contributed by atoms with van der Waals surface area (Å²) in [4.78, 5) is 5.00. The quantitative estimate of drug-likeness (QED) is 0.775. The van der Waals surface area contributed by atoms with Gasteiger partial charge in [0, 0.05) is 37.6 Å². The van der Waals surface area contributed by atoms with Crippen molar-refractivity contribution in [2.24, 2.45) is 5.92 Å². The molecule has 0 spiro atoms. The molecule has 6 nitrogen and oxygen atoms in total. The molecule has 2 aromatic rings. The molecule has 1 saturated carbocycles. The van der Waals surface area contributed by atoms with Gasteiger partial charge in [-0.05, 0) is 68.2 Å². The second-order valence-corrected chi connectivity index (χ2v) is 10.8. The average Bonchev–Trinajstić information content (AvgIpc) is 3.11. The lowest BCUT2D eigenvalue weighted by Crippen LogP contribution is -2.47. The third-order valence-corrected chi connectivity index (χ3v) is 7.69. The van der Waals surface area contributed by atoms with Crippen molar-refractivity contribution in [2.75, 3.05) is 43.9 Å². The van der Waals surface area contributed by atoms with Gasteiger partial charge in [-0.1, -0.05) is 12.1 Å². The molecule has 1 aliphatic heterocycles. The molecule has 2 heterocycles. The average molecular weight is 423 g/mol. The Morgan fingerprint density at radius 2 is 1.82 bits per heavy atom. The van der Waals surface area contributed by atoms with Gasteiger partial charge >= 0.3 is 0 Å². The lowest BCUT2D eigenvalue weighted by atomic mass is 9.84. The molecule has 2 aliphatic rings. The Labute approximate surface area is 172 Å². The van der Waals surface area contributed by atoms with Crippen LogP contribution in [0.5, 0.6) is 0 Å². The van der Waals surface area contributed by atoms with Crippen molar-refractivity contribution in [3.63, 3.8) is 0 Å². The first kappa shape index (κ1) is 20.1. The molecule has 0 radical (unpaired) electrons. The van der Waals surface area contributed by atoms with E-state index in [0.29, 0.717) is 0 Å². The molecule has 8 heteroatoms. The predicted octanol–water partition coefficient (Wildman–Crippen LogP) is 2.92. The molecule has 0 amide bonds. The van der Waals surface area contributed by atoms with E-state index in [1.807, 2.05) is 0 Å². The van der Waals surface area contributed by atoms with E-state index in [0.717, 1.165) is 70.1 Å². The summed E-state index contributed by atoms with van der Waals surface area (Å²) in [5.41, 5.74) is 0. The summed E-state index contributed by atoms with van der Waals surface area (Å²) in [6.07, 6.45) is 6.71. The Balaban J connectivity index is 1.20. The highest BCUT2D eigenvalue weighted by molar-refractivity contribution is 7.88. The van der Waals surface area contributed by atoms with Crippen LogP contribution in [0.1, 0.15) is 32.1 Å². The van der Waals surface area contributed by atoms with Crippen molar-refractivity contribution in [3.05, 3.63) is 24.3 Å². The van der Waals surface area contributed by atoms with Crippen molar-refractivity contribution in [1.29, 1.82) is 0 Å². The van der Waals surface area contributed by atoms with Crippen molar-refractivity contribution in [1.82, 2.24) is 14.0 Å². The normalized spacial score (nSPS) is 24.7. The van der Waals surface area contributed by atoms with E-state index in [1.54, 1.807) is 11.5 Å². The van der Waals surface area contributed by atoms with E-state index >= 15 is 0 Å². The molecular weight excluding hydrogens is 392 g/mol. The van der Waals surface area contributed by atoms with Gasteiger partial charge in [0.05, 0.1) is 11.0 Å². The first-order valence-electron chi connectivity index (χ1n) is 10.3. The monoisotopic (exact) mass is 422 g/mol. The molecular formula is C20H30N4O2S2. The fourth-order valence-electron chi connectivity index (χ4n) is 4.52. The molecule has 1 aliphatic carbocycles. The van der Waals surface area contributed by atoms with Crippen LogP contribution in [0.2, 0.25) is 0 Å². The lowest BCUT2D eigenvalue weighted by Gasteiger charge is -2.36. The summed E-state index contributed by atoms with van der Waals surface area (Å²) in [5, 5.41) is 1.28. The van der Waals surface area contributed by atoms with E-state index in [9.17, 15) is 8.42 Å². The van der Waals surface area contributed by atoms with E-state index in [4.69, 9.17) is 4.37 Å². The van der Waals surface area contributed by atoms with Crippen LogP contribution in [0.15, 0.2) is 24.3 Å². The highest BCUT2D eigenvalue weighted by Crippen LogP contribution is 2.30. The highest BCUT2D eigenvalue weighted by atomic mass is 32.2. The van der Waals surface area contributed by atoms with Gasteiger partial charge in [-0.2, -0.15) is 4.37 Å². The smallest absolute Gasteiger partial charge is 0.208 e. The maximum absolute atomic E-state index is 11.4. The number of sulfonamides is 1. The second kappa shape index (κ2) is 8.65. The molecule has 1 saturated heterocycles. The second-order valence-electron chi connectivity index (χ2n) is 8.23. The zero-order valence-corrected chi connectivity index (χ0v) is 18.1. The Bertz CT molecular complexity index is 882. The Kier molecular flexibility index (Phi) is 6.20. The molecule has 1 N–H and O–H groups in total. The molecule has 0 unspecified atom stereocenters. The third kappa shape index (κ3) is 5.03. The van der Waals surface area contributed by atoms with Crippen LogP contribution in [0, 0.1) is 5.92 Å². The van der Waals surface area contributed by atoms with Crippen LogP contribution in [-0.2, 0) is 10.0 Å². The van der Waals surface area contributed by atoms with Crippen molar-refractivity contribution < 1.29 is 8.42 Å². The minimum absolute atomic E-state index is 0.141. The highest BCUT2D eigenvalue weighted by Gasteiger charge is 2.25. The number of piperazine rings is 1. The van der Waals surface area contributed by atoms with E-state index in [-0.39, 0.29) is 6.04 Å². The van der Waals surface area contributed by atoms with Gasteiger partial charge in [0.25, 0.3) is 0 Å². The number of nitrogens with one attached hydrogen (secondary N) is 1. The summed E-state index contributed by atoms with van der Waals surface area (Å²) in [5.74, 6) is 1.88. The molecule has 1 aromatic carbocycles. The minimum atomic E-state index is -3.08. The first-order valence-corrected chi connectivity index (χ1v) is 12.9. The van der Waals surface area contributed by atoms with Gasteiger partial charge < -0.3 is 4.90 Å². The summed E-state index contributed by atoms with van der Waals surface area (Å²) < 4.78 is 31.5. The van der Waals surface area contributed by atoms with E-state index in [2.05, 4.69) is 38.8 Å².